The molecule has 0 aromatic carbocycles. The molecule has 1 aliphatic heterocycles. The molecule has 0 bridgehead atoms. The maximum absolute atomic E-state index is 12.2. The predicted octanol–water partition coefficient (Wildman–Crippen LogP) is 1.76. The molecule has 0 radical (unpaired) electrons. The summed E-state index contributed by atoms with van der Waals surface area (Å²) in [4.78, 5) is 33.4. The zero-order valence-electron chi connectivity index (χ0n) is 12.6. The predicted molar refractivity (Wildman–Crippen MR) is 79.4 cm³/mol. The monoisotopic (exact) mass is 304 g/mol. The average molecular weight is 304 g/mol. The van der Waals surface area contributed by atoms with Crippen molar-refractivity contribution in [1.29, 1.82) is 0 Å². The number of rotatable bonds is 4. The van der Waals surface area contributed by atoms with Crippen LogP contribution in [0.5, 0.6) is 0 Å². The minimum Gasteiger partial charge on any atom is -0.481 e. The van der Waals surface area contributed by atoms with Crippen molar-refractivity contribution in [2.24, 2.45) is 11.3 Å². The number of nitrogens with zero attached hydrogens (tertiary/aromatic N) is 3. The maximum Gasteiger partial charge on any atom is 0.321 e. The smallest absolute Gasteiger partial charge is 0.321 e. The third-order valence-electron chi connectivity index (χ3n) is 4.40. The molecule has 2 amide bonds. The second-order valence-corrected chi connectivity index (χ2v) is 6.50. The Balaban J connectivity index is 1.56. The average Bonchev–Trinajstić information content (AvgIpc) is 3.20. The van der Waals surface area contributed by atoms with Crippen LogP contribution in [0.1, 0.15) is 32.0 Å². The normalized spacial score (nSPS) is 24.3. The number of amides is 2. The molecule has 1 unspecified atom stereocenters. The van der Waals surface area contributed by atoms with Gasteiger partial charge in [-0.05, 0) is 32.1 Å². The van der Waals surface area contributed by atoms with Gasteiger partial charge in [0.2, 0.25) is 0 Å². The van der Waals surface area contributed by atoms with Crippen molar-refractivity contribution in [3.8, 4) is 0 Å². The highest BCUT2D eigenvalue weighted by molar-refractivity contribution is 5.90. The Morgan fingerprint density at radius 1 is 1.41 bits per heavy atom. The highest BCUT2D eigenvalue weighted by Crippen LogP contribution is 2.32. The van der Waals surface area contributed by atoms with E-state index in [4.69, 9.17) is 0 Å². The fourth-order valence-corrected chi connectivity index (χ4v) is 2.62. The van der Waals surface area contributed by atoms with Crippen LogP contribution in [0.25, 0.3) is 0 Å². The van der Waals surface area contributed by atoms with E-state index in [0.717, 1.165) is 18.2 Å². The lowest BCUT2D eigenvalue weighted by atomic mass is 9.90. The number of nitrogens with one attached hydrogen (secondary N) is 1. The molecular formula is C15H20N4O3. The third kappa shape index (κ3) is 3.18. The molecule has 0 spiro atoms. The summed E-state index contributed by atoms with van der Waals surface area (Å²) in [6, 6.07) is -0.302. The Morgan fingerprint density at radius 3 is 2.64 bits per heavy atom. The van der Waals surface area contributed by atoms with Gasteiger partial charge in [0.1, 0.15) is 5.82 Å². The maximum atomic E-state index is 12.2. The molecule has 22 heavy (non-hydrogen) atoms. The summed E-state index contributed by atoms with van der Waals surface area (Å²) in [6.07, 6.45) is 7.08. The zero-order chi connectivity index (χ0) is 15.7. The minimum atomic E-state index is -0.865. The highest BCUT2D eigenvalue weighted by atomic mass is 16.4. The second-order valence-electron chi connectivity index (χ2n) is 6.50. The summed E-state index contributed by atoms with van der Waals surface area (Å²) in [5.41, 5.74) is -0.324. The van der Waals surface area contributed by atoms with Crippen molar-refractivity contribution < 1.29 is 14.7 Å². The first-order valence-corrected chi connectivity index (χ1v) is 7.56. The molecule has 1 atom stereocenters. The van der Waals surface area contributed by atoms with Crippen LogP contribution in [0.4, 0.5) is 10.5 Å². The van der Waals surface area contributed by atoms with E-state index in [9.17, 15) is 14.7 Å². The van der Waals surface area contributed by atoms with Crippen LogP contribution in [0, 0.1) is 11.3 Å². The Labute approximate surface area is 128 Å². The number of carbonyl (C=O) groups is 2. The highest BCUT2D eigenvalue weighted by Gasteiger charge is 2.42. The number of aromatic nitrogens is 2. The summed E-state index contributed by atoms with van der Waals surface area (Å²) < 4.78 is 0. The second kappa shape index (κ2) is 5.55. The first-order valence-electron chi connectivity index (χ1n) is 7.56. The number of anilines is 1. The molecule has 2 N–H and O–H groups in total. The molecule has 7 heteroatoms. The molecule has 2 heterocycles. The van der Waals surface area contributed by atoms with Gasteiger partial charge in [0.25, 0.3) is 0 Å². The van der Waals surface area contributed by atoms with E-state index < -0.39 is 11.4 Å². The van der Waals surface area contributed by atoms with Crippen LogP contribution in [-0.4, -0.2) is 45.1 Å². The largest absolute Gasteiger partial charge is 0.481 e. The molecule has 1 aromatic rings. The SMILES string of the molecule is CC1(C(=O)O)CCN(C(=O)Nc2cnc(CC3CC3)nc2)C1. The van der Waals surface area contributed by atoms with Crippen LogP contribution in [-0.2, 0) is 11.2 Å². The number of hydrogen-bond donors (Lipinski definition) is 2. The van der Waals surface area contributed by atoms with Gasteiger partial charge in [0.15, 0.2) is 0 Å². The van der Waals surface area contributed by atoms with E-state index in [1.54, 1.807) is 19.3 Å². The van der Waals surface area contributed by atoms with Gasteiger partial charge in [0.05, 0.1) is 23.5 Å². The first-order chi connectivity index (χ1) is 10.5. The lowest BCUT2D eigenvalue weighted by Crippen LogP contribution is -2.37. The van der Waals surface area contributed by atoms with Gasteiger partial charge in [-0.2, -0.15) is 0 Å². The van der Waals surface area contributed by atoms with Gasteiger partial charge in [0, 0.05) is 19.5 Å². The van der Waals surface area contributed by atoms with E-state index in [2.05, 4.69) is 15.3 Å². The standard InChI is InChI=1S/C15H20N4O3/c1-15(13(20)21)4-5-19(9-15)14(22)18-11-7-16-12(17-8-11)6-10-2-3-10/h7-8,10H,2-6,9H2,1H3,(H,18,22)(H,20,21). The van der Waals surface area contributed by atoms with Crippen molar-refractivity contribution in [2.75, 3.05) is 18.4 Å². The third-order valence-corrected chi connectivity index (χ3v) is 4.40. The van der Waals surface area contributed by atoms with Crippen molar-refractivity contribution in [2.45, 2.75) is 32.6 Å². The van der Waals surface area contributed by atoms with Crippen molar-refractivity contribution in [3.63, 3.8) is 0 Å². The van der Waals surface area contributed by atoms with Gasteiger partial charge < -0.3 is 15.3 Å². The molecule has 118 valence electrons. The molecule has 3 rings (SSSR count). The van der Waals surface area contributed by atoms with Gasteiger partial charge in [-0.1, -0.05) is 0 Å². The molecule has 1 saturated heterocycles. The molecule has 1 aliphatic carbocycles. The molecule has 2 aliphatic rings. The summed E-state index contributed by atoms with van der Waals surface area (Å²) in [7, 11) is 0. The fourth-order valence-electron chi connectivity index (χ4n) is 2.62. The quantitative estimate of drug-likeness (QED) is 0.883. The number of carboxylic acids is 1. The van der Waals surface area contributed by atoms with E-state index in [1.807, 2.05) is 0 Å². The van der Waals surface area contributed by atoms with E-state index in [0.29, 0.717) is 18.7 Å². The topological polar surface area (TPSA) is 95.4 Å². The Morgan fingerprint density at radius 2 is 2.09 bits per heavy atom. The summed E-state index contributed by atoms with van der Waals surface area (Å²) >= 11 is 0. The number of hydrogen-bond acceptors (Lipinski definition) is 4. The first kappa shape index (κ1) is 14.7. The summed E-state index contributed by atoms with van der Waals surface area (Å²) in [5.74, 6) is 0.662. The molecule has 1 aromatic heterocycles. The Kier molecular flexibility index (Phi) is 3.72. The van der Waals surface area contributed by atoms with Crippen LogP contribution in [0.3, 0.4) is 0 Å². The lowest BCUT2D eigenvalue weighted by molar-refractivity contribution is -0.146. The van der Waals surface area contributed by atoms with Crippen LogP contribution in [0.2, 0.25) is 0 Å². The number of urea groups is 1. The fraction of sp³-hybridized carbons (Fsp3) is 0.600. The minimum absolute atomic E-state index is 0.217. The number of carbonyl (C=O) groups excluding carboxylic acids is 1. The van der Waals surface area contributed by atoms with E-state index in [1.165, 1.54) is 17.7 Å². The molecular weight excluding hydrogens is 284 g/mol. The van der Waals surface area contributed by atoms with Crippen molar-refractivity contribution in [3.05, 3.63) is 18.2 Å². The Hall–Kier alpha value is -2.18. The number of likely N-dealkylation sites (tertiary alicyclic amines) is 1. The number of aliphatic carboxylic acids is 1. The van der Waals surface area contributed by atoms with Crippen LogP contribution < -0.4 is 5.32 Å². The number of carboxylic acid groups (broad SMARTS) is 1. The van der Waals surface area contributed by atoms with Crippen LogP contribution >= 0.6 is 0 Å². The van der Waals surface area contributed by atoms with Crippen molar-refractivity contribution in [1.82, 2.24) is 14.9 Å². The zero-order valence-corrected chi connectivity index (χ0v) is 12.6. The van der Waals surface area contributed by atoms with E-state index >= 15 is 0 Å². The lowest BCUT2D eigenvalue weighted by Gasteiger charge is -2.20. The molecule has 7 nitrogen and oxygen atoms in total. The van der Waals surface area contributed by atoms with Gasteiger partial charge >= 0.3 is 12.0 Å². The summed E-state index contributed by atoms with van der Waals surface area (Å²) in [6.45, 7) is 2.32. The van der Waals surface area contributed by atoms with Crippen molar-refractivity contribution >= 4 is 17.7 Å². The van der Waals surface area contributed by atoms with Crippen LogP contribution in [0.15, 0.2) is 12.4 Å². The van der Waals surface area contributed by atoms with E-state index in [-0.39, 0.29) is 12.6 Å². The van der Waals surface area contributed by atoms with Gasteiger partial charge in [-0.15, -0.1) is 0 Å². The molecule has 2 fully saturated rings. The molecule has 1 saturated carbocycles. The van der Waals surface area contributed by atoms with Gasteiger partial charge in [-0.3, -0.25) is 4.79 Å². The Bertz CT molecular complexity index is 585. The van der Waals surface area contributed by atoms with Gasteiger partial charge in [-0.25, -0.2) is 14.8 Å². The summed E-state index contributed by atoms with van der Waals surface area (Å²) in [5, 5.41) is 11.9.